The van der Waals surface area contributed by atoms with Gasteiger partial charge in [0.2, 0.25) is 5.88 Å². The minimum absolute atomic E-state index is 0.0125. The van der Waals surface area contributed by atoms with Gasteiger partial charge in [0.15, 0.2) is 17.4 Å². The van der Waals surface area contributed by atoms with Crippen LogP contribution in [0.1, 0.15) is 91.3 Å². The average Bonchev–Trinajstić information content (AvgIpc) is 3.72. The van der Waals surface area contributed by atoms with Crippen LogP contribution in [0.5, 0.6) is 5.88 Å². The number of rotatable bonds is 6. The number of likely N-dealkylation sites (tertiary alicyclic amines) is 1. The second-order valence-corrected chi connectivity index (χ2v) is 14.9. The van der Waals surface area contributed by atoms with Crippen LogP contribution in [-0.4, -0.2) is 119 Å². The van der Waals surface area contributed by atoms with Gasteiger partial charge in [0.05, 0.1) is 30.6 Å². The summed E-state index contributed by atoms with van der Waals surface area (Å²) in [6, 6.07) is 1.61. The van der Waals surface area contributed by atoms with Crippen molar-refractivity contribution in [3.63, 3.8) is 0 Å². The average molecular weight is 657 g/mol. The molecule has 13 nitrogen and oxygen atoms in total. The number of anilines is 1. The molecule has 4 atom stereocenters. The van der Waals surface area contributed by atoms with Gasteiger partial charge in [-0.25, -0.2) is 9.78 Å². The molecule has 5 fully saturated rings. The number of fused-ring (bicyclic) bond motifs is 1. The molecular weight excluding hydrogens is 604 g/mol. The fraction of sp³-hybridized carbons (Fsp3) is 0.794. The van der Waals surface area contributed by atoms with E-state index in [0.29, 0.717) is 57.1 Å². The zero-order valence-electron chi connectivity index (χ0n) is 28.7. The number of amides is 1. The van der Waals surface area contributed by atoms with E-state index < -0.39 is 28.8 Å². The quantitative estimate of drug-likeness (QED) is 0.267. The van der Waals surface area contributed by atoms with E-state index in [1.54, 1.807) is 4.90 Å². The van der Waals surface area contributed by atoms with Crippen LogP contribution in [0.2, 0.25) is 0 Å². The summed E-state index contributed by atoms with van der Waals surface area (Å²) in [7, 11) is 2.09. The Labute approximate surface area is 277 Å². The molecule has 1 aromatic rings. The van der Waals surface area contributed by atoms with Gasteiger partial charge in [-0.1, -0.05) is 18.0 Å². The van der Waals surface area contributed by atoms with Gasteiger partial charge in [0.25, 0.3) is 0 Å². The Morgan fingerprint density at radius 1 is 1.02 bits per heavy atom. The van der Waals surface area contributed by atoms with Crippen molar-refractivity contribution in [3.05, 3.63) is 11.9 Å². The monoisotopic (exact) mass is 656 g/mol. The van der Waals surface area contributed by atoms with Crippen molar-refractivity contribution < 1.29 is 33.7 Å². The highest BCUT2D eigenvalue weighted by Crippen LogP contribution is 2.56. The fourth-order valence-corrected chi connectivity index (χ4v) is 8.32. The molecule has 0 bridgehead atoms. The zero-order valence-corrected chi connectivity index (χ0v) is 28.7. The van der Waals surface area contributed by atoms with Gasteiger partial charge >= 0.3 is 6.09 Å². The van der Waals surface area contributed by atoms with Gasteiger partial charge in [0, 0.05) is 45.2 Å². The van der Waals surface area contributed by atoms with E-state index in [-0.39, 0.29) is 29.5 Å². The van der Waals surface area contributed by atoms with Crippen LogP contribution in [0.25, 0.3) is 0 Å². The first-order valence-corrected chi connectivity index (χ1v) is 17.5. The molecule has 47 heavy (non-hydrogen) atoms. The van der Waals surface area contributed by atoms with Crippen LogP contribution in [0.3, 0.4) is 0 Å². The van der Waals surface area contributed by atoms with Crippen LogP contribution < -0.4 is 9.64 Å². The van der Waals surface area contributed by atoms with Gasteiger partial charge in [-0.15, -0.1) is 0 Å². The zero-order chi connectivity index (χ0) is 33.4. The highest BCUT2D eigenvalue weighted by atomic mass is 16.7. The number of likely N-dealkylation sites (N-methyl/N-ethyl adjacent to an activating group) is 1. The van der Waals surface area contributed by atoms with E-state index >= 15 is 0 Å². The number of hydrogen-bond donors (Lipinski definition) is 1. The van der Waals surface area contributed by atoms with Crippen LogP contribution in [0.15, 0.2) is 11.2 Å². The Morgan fingerprint density at radius 3 is 2.43 bits per heavy atom. The predicted molar refractivity (Wildman–Crippen MR) is 174 cm³/mol. The topological polar surface area (TPSA) is 139 Å². The molecule has 1 amide bonds. The Morgan fingerprint density at radius 2 is 1.72 bits per heavy atom. The Hall–Kier alpha value is -3.03. The van der Waals surface area contributed by atoms with Gasteiger partial charge in [-0.3, -0.25) is 4.79 Å². The summed E-state index contributed by atoms with van der Waals surface area (Å²) in [5.74, 6) is -0.506. The summed E-state index contributed by atoms with van der Waals surface area (Å²) in [5, 5.41) is 14.3. The summed E-state index contributed by atoms with van der Waals surface area (Å²) < 4.78 is 24.7. The van der Waals surface area contributed by atoms with E-state index in [2.05, 4.69) is 22.0 Å². The van der Waals surface area contributed by atoms with Gasteiger partial charge in [0.1, 0.15) is 23.2 Å². The molecule has 4 heterocycles. The van der Waals surface area contributed by atoms with E-state index in [1.165, 1.54) is 0 Å². The van der Waals surface area contributed by atoms with Crippen molar-refractivity contribution in [1.29, 1.82) is 0 Å². The number of ether oxygens (including phenoxy) is 4. The highest BCUT2D eigenvalue weighted by molar-refractivity contribution is 6.14. The lowest BCUT2D eigenvalue weighted by atomic mass is 9.57. The molecule has 5 aliphatic rings. The van der Waals surface area contributed by atoms with E-state index in [9.17, 15) is 14.8 Å². The van der Waals surface area contributed by atoms with Crippen molar-refractivity contribution in [2.45, 2.75) is 109 Å². The SMILES string of the molecule is C[C@H](Oc1cc(N2CCN(C)CC2)nc(/C(=N/O)C2CCC[C@@]3(CCCCC34OCCO4)C2=O)n1)[C@@H]1CCCN1C(=O)OC(C)(C)C. The van der Waals surface area contributed by atoms with Crippen LogP contribution in [-0.2, 0) is 19.0 Å². The third-order valence-electron chi connectivity index (χ3n) is 10.7. The molecular formula is C34H52N6O7. The summed E-state index contributed by atoms with van der Waals surface area (Å²) in [6.07, 6.45) is 6.08. The molecule has 1 aromatic heterocycles. The highest BCUT2D eigenvalue weighted by Gasteiger charge is 2.63. The van der Waals surface area contributed by atoms with Crippen molar-refractivity contribution in [2.75, 3.05) is 57.9 Å². The molecule has 3 saturated heterocycles. The standard InChI is InChI=1S/C34H52N6O7/c1-23(25-11-9-15-40(25)31(42)47-32(2,3)4)46-27-22-26(39-18-16-38(5)17-19-39)35-30(36-27)28(37-43)24-10-8-13-33(29(24)41)12-6-7-14-34(33)44-20-21-45-34/h22-25,43H,6-21H2,1-5H3/b37-28+/t23-,24?,25-,33-/m0/s1. The summed E-state index contributed by atoms with van der Waals surface area (Å²) in [5.41, 5.74) is -1.25. The third kappa shape index (κ3) is 6.67. The largest absolute Gasteiger partial charge is 0.472 e. The summed E-state index contributed by atoms with van der Waals surface area (Å²) in [6.45, 7) is 12.3. The minimum Gasteiger partial charge on any atom is -0.472 e. The first-order valence-electron chi connectivity index (χ1n) is 17.5. The van der Waals surface area contributed by atoms with Crippen LogP contribution in [0.4, 0.5) is 10.6 Å². The lowest BCUT2D eigenvalue weighted by Gasteiger charge is -2.52. The van der Waals surface area contributed by atoms with Gasteiger partial charge < -0.3 is 38.9 Å². The summed E-state index contributed by atoms with van der Waals surface area (Å²) >= 11 is 0. The Bertz CT molecular complexity index is 1330. The molecule has 6 rings (SSSR count). The molecule has 0 radical (unpaired) electrons. The maximum Gasteiger partial charge on any atom is 0.410 e. The number of hydrogen-bond acceptors (Lipinski definition) is 12. The minimum atomic E-state index is -0.922. The number of carbonyl (C=O) groups excluding carboxylic acids is 2. The number of aromatic nitrogens is 2. The van der Waals surface area contributed by atoms with Gasteiger partial charge in [-0.05, 0) is 73.3 Å². The molecule has 0 aromatic carbocycles. The van der Waals surface area contributed by atoms with Crippen LogP contribution in [0, 0.1) is 11.3 Å². The van der Waals surface area contributed by atoms with E-state index in [1.807, 2.05) is 33.8 Å². The molecule has 1 N–H and O–H groups in total. The molecule has 2 saturated carbocycles. The van der Waals surface area contributed by atoms with Crippen molar-refractivity contribution >= 4 is 23.4 Å². The molecule has 1 unspecified atom stereocenters. The number of oxime groups is 1. The third-order valence-corrected chi connectivity index (χ3v) is 10.7. The number of ketones is 1. The van der Waals surface area contributed by atoms with Gasteiger partial charge in [-0.2, -0.15) is 4.98 Å². The first-order chi connectivity index (χ1) is 22.5. The lowest BCUT2D eigenvalue weighted by Crippen LogP contribution is -2.60. The fourth-order valence-electron chi connectivity index (χ4n) is 8.32. The predicted octanol–water partition coefficient (Wildman–Crippen LogP) is 4.25. The first kappa shape index (κ1) is 33.9. The Balaban J connectivity index is 1.30. The lowest BCUT2D eigenvalue weighted by molar-refractivity contribution is -0.255. The second-order valence-electron chi connectivity index (χ2n) is 14.9. The molecule has 2 spiro atoms. The second kappa shape index (κ2) is 13.5. The van der Waals surface area contributed by atoms with Crippen LogP contribution >= 0.6 is 0 Å². The maximum absolute atomic E-state index is 14.6. The Kier molecular flexibility index (Phi) is 9.70. The molecule has 260 valence electrons. The number of carbonyl (C=O) groups is 2. The van der Waals surface area contributed by atoms with Crippen molar-refractivity contribution in [2.24, 2.45) is 16.5 Å². The smallest absolute Gasteiger partial charge is 0.410 e. The molecule has 2 aliphatic carbocycles. The number of nitrogens with zero attached hydrogens (tertiary/aromatic N) is 6. The number of Topliss-reactive ketones (excluding diaryl/α,β-unsaturated/α-hetero) is 1. The normalized spacial score (nSPS) is 29.5. The number of piperazine rings is 1. The van der Waals surface area contributed by atoms with E-state index in [4.69, 9.17) is 28.9 Å². The van der Waals surface area contributed by atoms with Crippen molar-refractivity contribution in [3.8, 4) is 5.88 Å². The molecule has 3 aliphatic heterocycles. The summed E-state index contributed by atoms with van der Waals surface area (Å²) in [4.78, 5) is 43.5. The van der Waals surface area contributed by atoms with Crippen molar-refractivity contribution in [1.82, 2.24) is 19.8 Å². The van der Waals surface area contributed by atoms with E-state index in [0.717, 1.165) is 58.3 Å². The maximum atomic E-state index is 14.6. The molecule has 13 heteroatoms.